The number of ether oxygens (including phenoxy) is 1. The Bertz CT molecular complexity index is 1140. The molecule has 0 fully saturated rings. The summed E-state index contributed by atoms with van der Waals surface area (Å²) in [5, 5.41) is 6.73. The van der Waals surface area contributed by atoms with Crippen LogP contribution in [0.25, 0.3) is 10.6 Å². The average molecular weight is 456 g/mol. The molecule has 0 unspecified atom stereocenters. The molecule has 1 N–H and O–H groups in total. The summed E-state index contributed by atoms with van der Waals surface area (Å²) in [5.41, 5.74) is 2.82. The number of hydrogen-bond donors (Lipinski definition) is 1. The molecule has 0 saturated heterocycles. The summed E-state index contributed by atoms with van der Waals surface area (Å²) in [7, 11) is 0. The first-order valence-electron chi connectivity index (χ1n) is 10.3. The molecule has 4 rings (SSSR count). The summed E-state index contributed by atoms with van der Waals surface area (Å²) in [4.78, 5) is 36.0. The van der Waals surface area contributed by atoms with Gasteiger partial charge in [0.25, 0.3) is 5.91 Å². The van der Waals surface area contributed by atoms with Gasteiger partial charge in [-0.15, -0.1) is 22.7 Å². The van der Waals surface area contributed by atoms with Crippen molar-refractivity contribution in [3.8, 4) is 10.6 Å². The largest absolute Gasteiger partial charge is 0.456 e. The summed E-state index contributed by atoms with van der Waals surface area (Å²) >= 11 is 3.19. The third-order valence-electron chi connectivity index (χ3n) is 4.87. The fourth-order valence-electron chi connectivity index (χ4n) is 3.60. The topological polar surface area (TPSA) is 81.2 Å². The van der Waals surface area contributed by atoms with E-state index < -0.39 is 17.5 Å². The van der Waals surface area contributed by atoms with Crippen LogP contribution in [0.5, 0.6) is 0 Å². The highest BCUT2D eigenvalue weighted by molar-refractivity contribution is 7.18. The summed E-state index contributed by atoms with van der Waals surface area (Å²) < 4.78 is 5.46. The first kappa shape index (κ1) is 21.6. The van der Waals surface area contributed by atoms with Crippen LogP contribution in [0.2, 0.25) is 0 Å². The van der Waals surface area contributed by atoms with E-state index in [9.17, 15) is 9.59 Å². The first-order valence-corrected chi connectivity index (χ1v) is 12.0. The van der Waals surface area contributed by atoms with Gasteiger partial charge in [-0.05, 0) is 71.1 Å². The van der Waals surface area contributed by atoms with Crippen molar-refractivity contribution < 1.29 is 14.3 Å². The molecule has 1 aliphatic carbocycles. The summed E-state index contributed by atoms with van der Waals surface area (Å²) in [6, 6.07) is 3.20. The van der Waals surface area contributed by atoms with Gasteiger partial charge in [-0.25, -0.2) is 9.78 Å². The lowest BCUT2D eigenvalue weighted by molar-refractivity contribution is 0.00672. The number of carbonyl (C=O) groups excluding carboxylic acids is 2. The van der Waals surface area contributed by atoms with E-state index in [1.807, 2.05) is 12.3 Å². The molecule has 0 bridgehead atoms. The molecule has 3 heterocycles. The Hall–Kier alpha value is -2.58. The third kappa shape index (κ3) is 4.70. The Labute approximate surface area is 189 Å². The molecule has 0 spiro atoms. The molecule has 1 aliphatic rings. The molecule has 8 heteroatoms. The molecule has 3 aromatic rings. The molecule has 162 valence electrons. The second-order valence-corrected chi connectivity index (χ2v) is 10.5. The van der Waals surface area contributed by atoms with E-state index in [1.54, 1.807) is 55.6 Å². The predicted molar refractivity (Wildman–Crippen MR) is 124 cm³/mol. The number of nitrogens with zero attached hydrogens (tertiary/aromatic N) is 2. The Morgan fingerprint density at radius 1 is 1.19 bits per heavy atom. The monoisotopic (exact) mass is 455 g/mol. The fraction of sp³-hybridized carbons (Fsp3) is 0.391. The van der Waals surface area contributed by atoms with E-state index in [0.29, 0.717) is 0 Å². The zero-order valence-electron chi connectivity index (χ0n) is 18.1. The van der Waals surface area contributed by atoms with Crippen LogP contribution in [0.15, 0.2) is 23.7 Å². The van der Waals surface area contributed by atoms with Crippen molar-refractivity contribution >= 4 is 39.6 Å². The third-order valence-corrected chi connectivity index (χ3v) is 7.06. The highest BCUT2D eigenvalue weighted by atomic mass is 32.1. The highest BCUT2D eigenvalue weighted by Gasteiger charge is 2.28. The van der Waals surface area contributed by atoms with Gasteiger partial charge in [0.2, 0.25) is 0 Å². The van der Waals surface area contributed by atoms with Crippen molar-refractivity contribution in [2.45, 2.75) is 59.0 Å². The van der Waals surface area contributed by atoms with Crippen molar-refractivity contribution in [3.63, 3.8) is 0 Å². The number of fused-ring (bicyclic) bond motifs is 1. The lowest BCUT2D eigenvalue weighted by atomic mass is 9.95. The number of hydrogen-bond acceptors (Lipinski definition) is 7. The quantitative estimate of drug-likeness (QED) is 0.513. The second kappa shape index (κ2) is 8.51. The number of thiophene rings is 1. The van der Waals surface area contributed by atoms with Crippen molar-refractivity contribution in [1.29, 1.82) is 0 Å². The Kier molecular flexibility index (Phi) is 5.94. The molecule has 3 aromatic heterocycles. The van der Waals surface area contributed by atoms with E-state index >= 15 is 0 Å². The van der Waals surface area contributed by atoms with Crippen LogP contribution in [0.3, 0.4) is 0 Å². The Balaban J connectivity index is 1.69. The zero-order valence-corrected chi connectivity index (χ0v) is 19.7. The SMILES string of the molecule is Cc1csc(-c2c(NC(=O)c3ncccc3C(=O)OC(C)(C)C)sc3c2CCCC3)n1. The number of carbonyl (C=O) groups is 2. The fourth-order valence-corrected chi connectivity index (χ4v) is 5.82. The first-order chi connectivity index (χ1) is 14.7. The predicted octanol–water partition coefficient (Wildman–Crippen LogP) is 5.66. The van der Waals surface area contributed by atoms with Crippen LogP contribution < -0.4 is 5.32 Å². The van der Waals surface area contributed by atoms with Gasteiger partial charge in [0.15, 0.2) is 0 Å². The number of anilines is 1. The minimum atomic E-state index is -0.663. The maximum atomic E-state index is 13.2. The van der Waals surface area contributed by atoms with E-state index in [2.05, 4.69) is 15.3 Å². The molecule has 6 nitrogen and oxygen atoms in total. The van der Waals surface area contributed by atoms with Gasteiger partial charge in [-0.1, -0.05) is 0 Å². The Morgan fingerprint density at radius 3 is 2.68 bits per heavy atom. The number of aryl methyl sites for hydroxylation is 2. The number of esters is 1. The molecule has 0 radical (unpaired) electrons. The minimum Gasteiger partial charge on any atom is -0.456 e. The standard InChI is InChI=1S/C23H25N3O3S2/c1-13-12-30-20(25-13)17-14-8-5-6-10-16(14)31-21(17)26-19(27)18-15(9-7-11-24-18)22(28)29-23(2,3)4/h7,9,11-12H,5-6,8,10H2,1-4H3,(H,26,27). The van der Waals surface area contributed by atoms with Crippen LogP contribution >= 0.6 is 22.7 Å². The molecular weight excluding hydrogens is 430 g/mol. The van der Waals surface area contributed by atoms with Gasteiger partial charge in [0.1, 0.15) is 21.3 Å². The van der Waals surface area contributed by atoms with E-state index in [0.717, 1.165) is 46.9 Å². The number of aromatic nitrogens is 2. The van der Waals surface area contributed by atoms with Gasteiger partial charge < -0.3 is 10.1 Å². The summed E-state index contributed by atoms with van der Waals surface area (Å²) in [6.07, 6.45) is 5.80. The van der Waals surface area contributed by atoms with Gasteiger partial charge >= 0.3 is 5.97 Å². The Morgan fingerprint density at radius 2 is 1.97 bits per heavy atom. The van der Waals surface area contributed by atoms with Crippen LogP contribution in [0.1, 0.15) is 70.6 Å². The average Bonchev–Trinajstić information content (AvgIpc) is 3.29. The van der Waals surface area contributed by atoms with Crippen LogP contribution in [-0.2, 0) is 17.6 Å². The smallest absolute Gasteiger partial charge is 0.341 e. The highest BCUT2D eigenvalue weighted by Crippen LogP contribution is 2.45. The normalized spacial score (nSPS) is 13.5. The van der Waals surface area contributed by atoms with E-state index in [4.69, 9.17) is 4.74 Å². The zero-order chi connectivity index (χ0) is 22.2. The molecule has 0 aromatic carbocycles. The maximum Gasteiger partial charge on any atom is 0.341 e. The second-order valence-electron chi connectivity index (χ2n) is 8.56. The molecule has 0 aliphatic heterocycles. The number of thiazole rings is 1. The molecule has 0 atom stereocenters. The van der Waals surface area contributed by atoms with Crippen LogP contribution in [-0.4, -0.2) is 27.4 Å². The van der Waals surface area contributed by atoms with Gasteiger partial charge in [-0.3, -0.25) is 9.78 Å². The van der Waals surface area contributed by atoms with Crippen LogP contribution in [0.4, 0.5) is 5.00 Å². The lowest BCUT2D eigenvalue weighted by Crippen LogP contribution is -2.26. The molecule has 1 amide bonds. The number of pyridine rings is 1. The summed E-state index contributed by atoms with van der Waals surface area (Å²) in [6.45, 7) is 7.34. The summed E-state index contributed by atoms with van der Waals surface area (Å²) in [5.74, 6) is -0.985. The maximum absolute atomic E-state index is 13.2. The number of amides is 1. The van der Waals surface area contributed by atoms with Crippen LogP contribution in [0, 0.1) is 6.92 Å². The van der Waals surface area contributed by atoms with E-state index in [-0.39, 0.29) is 11.3 Å². The lowest BCUT2D eigenvalue weighted by Gasteiger charge is -2.20. The molecule has 0 saturated carbocycles. The molecule has 31 heavy (non-hydrogen) atoms. The van der Waals surface area contributed by atoms with Crippen molar-refractivity contribution in [2.75, 3.05) is 5.32 Å². The van der Waals surface area contributed by atoms with Gasteiger partial charge in [-0.2, -0.15) is 0 Å². The van der Waals surface area contributed by atoms with Gasteiger partial charge in [0, 0.05) is 27.7 Å². The number of nitrogens with one attached hydrogen (secondary N) is 1. The van der Waals surface area contributed by atoms with Crippen molar-refractivity contribution in [2.24, 2.45) is 0 Å². The van der Waals surface area contributed by atoms with E-state index in [1.165, 1.54) is 16.6 Å². The van der Waals surface area contributed by atoms with Crippen molar-refractivity contribution in [1.82, 2.24) is 9.97 Å². The number of rotatable bonds is 4. The van der Waals surface area contributed by atoms with Gasteiger partial charge in [0.05, 0.1) is 5.56 Å². The minimum absolute atomic E-state index is 0.0596. The van der Waals surface area contributed by atoms with Crippen molar-refractivity contribution in [3.05, 3.63) is 51.1 Å². The molecular formula is C23H25N3O3S2.